The van der Waals surface area contributed by atoms with E-state index < -0.39 is 16.1 Å². The van der Waals surface area contributed by atoms with Crippen LogP contribution in [-0.4, -0.2) is 57.6 Å². The van der Waals surface area contributed by atoms with Gasteiger partial charge in [0.1, 0.15) is 11.8 Å². The maximum absolute atomic E-state index is 13.3. The van der Waals surface area contributed by atoms with Crippen LogP contribution in [0.25, 0.3) is 0 Å². The van der Waals surface area contributed by atoms with Crippen molar-refractivity contribution in [2.75, 3.05) is 30.8 Å². The first-order chi connectivity index (χ1) is 16.5. The summed E-state index contributed by atoms with van der Waals surface area (Å²) in [5.41, 5.74) is 1.39. The lowest BCUT2D eigenvalue weighted by Crippen LogP contribution is -2.48. The van der Waals surface area contributed by atoms with E-state index in [1.165, 1.54) is 11.4 Å². The number of hydrogen-bond donors (Lipinski definition) is 1. The van der Waals surface area contributed by atoms with Gasteiger partial charge in [-0.3, -0.25) is 13.9 Å². The van der Waals surface area contributed by atoms with Crippen molar-refractivity contribution in [3.8, 4) is 5.75 Å². The number of anilines is 1. The number of methoxy groups -OCH3 is 1. The molecule has 192 valence electrons. The van der Waals surface area contributed by atoms with Gasteiger partial charge in [-0.05, 0) is 37.0 Å². The first kappa shape index (κ1) is 28.2. The first-order valence-electron chi connectivity index (χ1n) is 11.8. The zero-order chi connectivity index (χ0) is 26.0. The number of nitrogens with one attached hydrogen (secondary N) is 1. The zero-order valence-electron chi connectivity index (χ0n) is 21.2. The van der Waals surface area contributed by atoms with Crippen LogP contribution in [0.5, 0.6) is 5.75 Å². The predicted octanol–water partition coefficient (Wildman–Crippen LogP) is 3.43. The van der Waals surface area contributed by atoms with Crippen molar-refractivity contribution in [1.29, 1.82) is 0 Å². The second-order valence-electron chi connectivity index (χ2n) is 8.96. The maximum atomic E-state index is 13.3. The number of carbonyl (C=O) groups excluding carboxylic acids is 2. The molecule has 1 atom stereocenters. The standard InChI is InChI=1S/C26H37N3O5S/c1-20(2)18-27-26(31)21(3)28(19-22-11-7-6-8-12-22)25(30)15-10-16-29(35(5,32)33)23-13-9-14-24(17-23)34-4/h6-9,11-14,17,20-21H,10,15-16,18-19H2,1-5H3,(H,27,31). The summed E-state index contributed by atoms with van der Waals surface area (Å²) in [4.78, 5) is 27.6. The molecular weight excluding hydrogens is 466 g/mol. The van der Waals surface area contributed by atoms with E-state index in [-0.39, 0.29) is 24.8 Å². The molecule has 1 N–H and O–H groups in total. The second-order valence-corrected chi connectivity index (χ2v) is 10.9. The van der Waals surface area contributed by atoms with Gasteiger partial charge in [0.15, 0.2) is 0 Å². The number of ether oxygens (including phenoxy) is 1. The summed E-state index contributed by atoms with van der Waals surface area (Å²) in [7, 11) is -2.05. The highest BCUT2D eigenvalue weighted by atomic mass is 32.2. The van der Waals surface area contributed by atoms with E-state index in [1.807, 2.05) is 44.2 Å². The average molecular weight is 504 g/mol. The Balaban J connectivity index is 2.14. The van der Waals surface area contributed by atoms with Gasteiger partial charge in [-0.15, -0.1) is 0 Å². The minimum atomic E-state index is -3.57. The smallest absolute Gasteiger partial charge is 0.242 e. The Kier molecular flexibility index (Phi) is 10.6. The molecule has 9 heteroatoms. The van der Waals surface area contributed by atoms with Crippen molar-refractivity contribution in [2.24, 2.45) is 5.92 Å². The minimum absolute atomic E-state index is 0.102. The zero-order valence-corrected chi connectivity index (χ0v) is 22.0. The Morgan fingerprint density at radius 1 is 1.03 bits per heavy atom. The van der Waals surface area contributed by atoms with Gasteiger partial charge in [-0.1, -0.05) is 50.2 Å². The molecule has 2 aromatic carbocycles. The molecule has 35 heavy (non-hydrogen) atoms. The summed E-state index contributed by atoms with van der Waals surface area (Å²) in [5.74, 6) is 0.419. The molecule has 0 heterocycles. The van der Waals surface area contributed by atoms with E-state index in [0.29, 0.717) is 36.9 Å². The second kappa shape index (κ2) is 13.1. The summed E-state index contributed by atoms with van der Waals surface area (Å²) >= 11 is 0. The van der Waals surface area contributed by atoms with E-state index >= 15 is 0 Å². The topological polar surface area (TPSA) is 96.0 Å². The van der Waals surface area contributed by atoms with Gasteiger partial charge >= 0.3 is 0 Å². The first-order valence-corrected chi connectivity index (χ1v) is 13.6. The molecule has 0 aromatic heterocycles. The van der Waals surface area contributed by atoms with Crippen LogP contribution in [0, 0.1) is 5.92 Å². The largest absolute Gasteiger partial charge is 0.497 e. The van der Waals surface area contributed by atoms with E-state index in [0.717, 1.165) is 11.8 Å². The maximum Gasteiger partial charge on any atom is 0.242 e. The molecule has 0 fully saturated rings. The van der Waals surface area contributed by atoms with Gasteiger partial charge in [-0.2, -0.15) is 0 Å². The summed E-state index contributed by atoms with van der Waals surface area (Å²) < 4.78 is 31.4. The monoisotopic (exact) mass is 503 g/mol. The fourth-order valence-corrected chi connectivity index (χ4v) is 4.54. The van der Waals surface area contributed by atoms with Crippen LogP contribution >= 0.6 is 0 Å². The lowest BCUT2D eigenvalue weighted by Gasteiger charge is -2.29. The third-order valence-electron chi connectivity index (χ3n) is 5.54. The van der Waals surface area contributed by atoms with Gasteiger partial charge in [-0.25, -0.2) is 8.42 Å². The van der Waals surface area contributed by atoms with Gasteiger partial charge in [0.05, 0.1) is 19.1 Å². The van der Waals surface area contributed by atoms with Crippen LogP contribution in [0.1, 0.15) is 39.2 Å². The van der Waals surface area contributed by atoms with E-state index in [2.05, 4.69) is 5.32 Å². The fraction of sp³-hybridized carbons (Fsp3) is 0.462. The molecule has 1 unspecified atom stereocenters. The van der Waals surface area contributed by atoms with Crippen LogP contribution in [-0.2, 0) is 26.2 Å². The minimum Gasteiger partial charge on any atom is -0.497 e. The molecule has 0 saturated heterocycles. The molecule has 2 rings (SSSR count). The number of nitrogens with zero attached hydrogens (tertiary/aromatic N) is 2. The van der Waals surface area contributed by atoms with E-state index in [1.54, 1.807) is 36.1 Å². The molecule has 0 radical (unpaired) electrons. The highest BCUT2D eigenvalue weighted by Crippen LogP contribution is 2.23. The van der Waals surface area contributed by atoms with Crippen LogP contribution in [0.2, 0.25) is 0 Å². The summed E-state index contributed by atoms with van der Waals surface area (Å²) in [6, 6.07) is 15.6. The summed E-state index contributed by atoms with van der Waals surface area (Å²) in [6.07, 6.45) is 1.54. The Morgan fingerprint density at radius 2 is 1.71 bits per heavy atom. The third kappa shape index (κ3) is 8.90. The number of carbonyl (C=O) groups is 2. The Labute approximate surface area is 209 Å². The van der Waals surface area contributed by atoms with E-state index in [9.17, 15) is 18.0 Å². The fourth-order valence-electron chi connectivity index (χ4n) is 3.58. The van der Waals surface area contributed by atoms with Crippen molar-refractivity contribution in [3.05, 3.63) is 60.2 Å². The normalized spacial score (nSPS) is 12.2. The molecule has 0 saturated carbocycles. The molecule has 2 aromatic rings. The quantitative estimate of drug-likeness (QED) is 0.452. The average Bonchev–Trinajstić information content (AvgIpc) is 2.82. The number of benzene rings is 2. The molecule has 2 amide bonds. The molecule has 8 nitrogen and oxygen atoms in total. The van der Waals surface area contributed by atoms with Crippen LogP contribution in [0.3, 0.4) is 0 Å². The van der Waals surface area contributed by atoms with Gasteiger partial charge in [0.25, 0.3) is 0 Å². The molecule has 0 aliphatic heterocycles. The molecule has 0 spiro atoms. The highest BCUT2D eigenvalue weighted by Gasteiger charge is 2.26. The lowest BCUT2D eigenvalue weighted by molar-refractivity contribution is -0.140. The molecule has 0 aliphatic rings. The van der Waals surface area contributed by atoms with Crippen LogP contribution in [0.15, 0.2) is 54.6 Å². The Hall–Kier alpha value is -3.07. The van der Waals surface area contributed by atoms with Crippen molar-refractivity contribution < 1.29 is 22.7 Å². The lowest BCUT2D eigenvalue weighted by atomic mass is 10.1. The van der Waals surface area contributed by atoms with Gasteiger partial charge in [0.2, 0.25) is 21.8 Å². The Morgan fingerprint density at radius 3 is 2.31 bits per heavy atom. The summed E-state index contributed by atoms with van der Waals surface area (Å²) in [6.45, 7) is 6.68. The number of rotatable bonds is 13. The van der Waals surface area contributed by atoms with Crippen molar-refractivity contribution in [2.45, 2.75) is 46.2 Å². The number of sulfonamides is 1. The van der Waals surface area contributed by atoms with Crippen molar-refractivity contribution in [3.63, 3.8) is 0 Å². The van der Waals surface area contributed by atoms with E-state index in [4.69, 9.17) is 4.74 Å². The third-order valence-corrected chi connectivity index (χ3v) is 6.74. The van der Waals surface area contributed by atoms with Crippen LogP contribution in [0.4, 0.5) is 5.69 Å². The SMILES string of the molecule is COc1cccc(N(CCCC(=O)N(Cc2ccccc2)C(C)C(=O)NCC(C)C)S(C)(=O)=O)c1. The van der Waals surface area contributed by atoms with Crippen molar-refractivity contribution in [1.82, 2.24) is 10.2 Å². The molecular formula is C26H37N3O5S. The Bertz CT molecular complexity index is 1070. The molecule has 0 bridgehead atoms. The predicted molar refractivity (Wildman–Crippen MR) is 139 cm³/mol. The number of amides is 2. The summed E-state index contributed by atoms with van der Waals surface area (Å²) in [5, 5.41) is 2.90. The van der Waals surface area contributed by atoms with Crippen molar-refractivity contribution >= 4 is 27.5 Å². The highest BCUT2D eigenvalue weighted by molar-refractivity contribution is 7.92. The molecule has 0 aliphatic carbocycles. The van der Waals surface area contributed by atoms with Crippen LogP contribution < -0.4 is 14.4 Å². The van der Waals surface area contributed by atoms with Gasteiger partial charge in [0, 0.05) is 32.1 Å². The van der Waals surface area contributed by atoms with Gasteiger partial charge < -0.3 is 15.0 Å². The number of hydrogen-bond acceptors (Lipinski definition) is 5.